The van der Waals surface area contributed by atoms with E-state index in [0.29, 0.717) is 19.8 Å². The van der Waals surface area contributed by atoms with Crippen molar-refractivity contribution >= 4 is 29.2 Å². The Bertz CT molecular complexity index is 1020. The van der Waals surface area contributed by atoms with Crippen LogP contribution in [0.25, 0.3) is 12.2 Å². The molecule has 0 bridgehead atoms. The summed E-state index contributed by atoms with van der Waals surface area (Å²) in [5.74, 6) is 2.58. The van der Waals surface area contributed by atoms with Crippen LogP contribution in [0.15, 0.2) is 53.9 Å². The molecule has 32 heavy (non-hydrogen) atoms. The zero-order valence-electron chi connectivity index (χ0n) is 18.9. The predicted octanol–water partition coefficient (Wildman–Crippen LogP) is 6.90. The van der Waals surface area contributed by atoms with Crippen molar-refractivity contribution in [3.63, 3.8) is 0 Å². The highest BCUT2D eigenvalue weighted by Gasteiger charge is 2.17. The van der Waals surface area contributed by atoms with Crippen molar-refractivity contribution in [1.29, 1.82) is 0 Å². The lowest BCUT2D eigenvalue weighted by atomic mass is 10.1. The van der Waals surface area contributed by atoms with Gasteiger partial charge in [0.05, 0.1) is 4.88 Å². The molecule has 1 aliphatic heterocycles. The average molecular weight is 450 g/mol. The Morgan fingerprint density at radius 2 is 1.75 bits per heavy atom. The topological polar surface area (TPSA) is 30.9 Å². The number of nitrogens with zero attached hydrogens (tertiary/aromatic N) is 1. The maximum atomic E-state index is 6.32. The molecule has 2 heterocycles. The molecule has 0 unspecified atom stereocenters. The van der Waals surface area contributed by atoms with Crippen LogP contribution in [0.3, 0.4) is 0 Å². The molecule has 4 nitrogen and oxygen atoms in total. The van der Waals surface area contributed by atoms with E-state index in [2.05, 4.69) is 61.2 Å². The van der Waals surface area contributed by atoms with Gasteiger partial charge in [-0.15, -0.1) is 11.3 Å². The van der Waals surface area contributed by atoms with Gasteiger partial charge in [0.15, 0.2) is 11.5 Å². The fraction of sp³-hybridized carbons (Fsp3) is 0.333. The van der Waals surface area contributed by atoms with Gasteiger partial charge in [0.25, 0.3) is 0 Å². The molecule has 0 saturated heterocycles. The first-order chi connectivity index (χ1) is 15.8. The second-order valence-corrected chi connectivity index (χ2v) is 8.72. The van der Waals surface area contributed by atoms with E-state index in [0.717, 1.165) is 59.2 Å². The lowest BCUT2D eigenvalue weighted by Crippen LogP contribution is -2.24. The minimum absolute atomic E-state index is 0.540. The Morgan fingerprint density at radius 1 is 0.969 bits per heavy atom. The summed E-state index contributed by atoms with van der Waals surface area (Å²) in [5, 5.41) is 2.01. The molecule has 0 radical (unpaired) electrons. The van der Waals surface area contributed by atoms with E-state index in [1.54, 1.807) is 11.3 Å². The van der Waals surface area contributed by atoms with E-state index in [9.17, 15) is 0 Å². The molecule has 3 aromatic rings. The van der Waals surface area contributed by atoms with E-state index in [1.165, 1.54) is 5.69 Å². The largest absolute Gasteiger partial charge is 0.488 e. The number of ether oxygens (including phenoxy) is 3. The van der Waals surface area contributed by atoms with Gasteiger partial charge in [-0.3, -0.25) is 0 Å². The van der Waals surface area contributed by atoms with E-state index in [4.69, 9.17) is 14.2 Å². The lowest BCUT2D eigenvalue weighted by Gasteiger charge is -2.25. The highest BCUT2D eigenvalue weighted by Crippen LogP contribution is 2.40. The monoisotopic (exact) mass is 449 g/mol. The number of hydrogen-bond donors (Lipinski definition) is 0. The van der Waals surface area contributed by atoms with E-state index in [1.807, 2.05) is 23.6 Å². The lowest BCUT2D eigenvalue weighted by molar-refractivity contribution is 0.173. The molecule has 0 saturated carbocycles. The molecule has 4 rings (SSSR count). The molecule has 0 spiro atoms. The highest BCUT2D eigenvalue weighted by molar-refractivity contribution is 7.11. The van der Waals surface area contributed by atoms with Gasteiger partial charge >= 0.3 is 0 Å². The Morgan fingerprint density at radius 3 is 2.53 bits per heavy atom. The van der Waals surface area contributed by atoms with E-state index in [-0.39, 0.29) is 0 Å². The third-order valence-corrected chi connectivity index (χ3v) is 6.24. The molecule has 5 heteroatoms. The Balaban J connectivity index is 1.61. The number of thiophene rings is 1. The smallest absolute Gasteiger partial charge is 0.179 e. The first-order valence-electron chi connectivity index (χ1n) is 11.4. The van der Waals surface area contributed by atoms with Gasteiger partial charge in [-0.25, -0.2) is 0 Å². The number of hydrogen-bond acceptors (Lipinski definition) is 5. The summed E-state index contributed by atoms with van der Waals surface area (Å²) < 4.78 is 17.8. The van der Waals surface area contributed by atoms with Crippen LogP contribution in [0, 0.1) is 0 Å². The van der Waals surface area contributed by atoms with Crippen molar-refractivity contribution < 1.29 is 14.2 Å². The Labute approximate surface area is 195 Å². The first-order valence-corrected chi connectivity index (χ1v) is 12.3. The number of rotatable bonds is 10. The van der Waals surface area contributed by atoms with Gasteiger partial charge in [-0.1, -0.05) is 44.2 Å². The summed E-state index contributed by atoms with van der Waals surface area (Å²) >= 11 is 1.64. The number of fused-ring (bicyclic) bond motifs is 1. The standard InChI is InChI=1S/C27H31NO3S/c1-3-14-28(15-4-2)23-12-10-22(24(18-23)31-19-21-8-6-5-7-9-21)11-13-26-27-25(20-32-26)29-16-17-30-27/h5-13,18,20H,3-4,14-17,19H2,1-2H3/b13-11+. The maximum absolute atomic E-state index is 6.32. The molecule has 168 valence electrons. The van der Waals surface area contributed by atoms with Crippen molar-refractivity contribution in [2.24, 2.45) is 0 Å². The van der Waals surface area contributed by atoms with Gasteiger partial charge in [-0.2, -0.15) is 0 Å². The van der Waals surface area contributed by atoms with Crippen LogP contribution in [0.2, 0.25) is 0 Å². The summed E-state index contributed by atoms with van der Waals surface area (Å²) in [6.45, 7) is 8.27. The van der Waals surface area contributed by atoms with Crippen molar-refractivity contribution in [1.82, 2.24) is 0 Å². The minimum atomic E-state index is 0.540. The van der Waals surface area contributed by atoms with Crippen molar-refractivity contribution in [3.05, 3.63) is 69.9 Å². The fourth-order valence-electron chi connectivity index (χ4n) is 3.79. The third-order valence-electron chi connectivity index (χ3n) is 5.33. The van der Waals surface area contributed by atoms with Gasteiger partial charge < -0.3 is 19.1 Å². The van der Waals surface area contributed by atoms with E-state index < -0.39 is 0 Å². The molecular weight excluding hydrogens is 418 g/mol. The summed E-state index contributed by atoms with van der Waals surface area (Å²) in [5.41, 5.74) is 3.42. The normalized spacial score (nSPS) is 12.8. The zero-order chi connectivity index (χ0) is 22.2. The fourth-order valence-corrected chi connectivity index (χ4v) is 4.61. The van der Waals surface area contributed by atoms with Crippen LogP contribution in [-0.2, 0) is 6.61 Å². The van der Waals surface area contributed by atoms with Crippen LogP contribution in [0.4, 0.5) is 5.69 Å². The van der Waals surface area contributed by atoms with Crippen LogP contribution in [0.1, 0.15) is 42.7 Å². The van der Waals surface area contributed by atoms with Gasteiger partial charge in [0, 0.05) is 35.8 Å². The molecule has 1 aliphatic rings. The van der Waals surface area contributed by atoms with E-state index >= 15 is 0 Å². The quantitative estimate of drug-likeness (QED) is 0.337. The zero-order valence-corrected chi connectivity index (χ0v) is 19.7. The third kappa shape index (κ3) is 5.46. The van der Waals surface area contributed by atoms with Crippen molar-refractivity contribution in [2.75, 3.05) is 31.2 Å². The van der Waals surface area contributed by atoms with Gasteiger partial charge in [0.1, 0.15) is 25.6 Å². The number of anilines is 1. The van der Waals surface area contributed by atoms with Crippen LogP contribution in [0.5, 0.6) is 17.2 Å². The summed E-state index contributed by atoms with van der Waals surface area (Å²) in [6, 6.07) is 16.8. The Kier molecular flexibility index (Phi) is 7.73. The Hall–Kier alpha value is -2.92. The molecule has 0 aliphatic carbocycles. The summed E-state index contributed by atoms with van der Waals surface area (Å²) in [4.78, 5) is 3.50. The molecule has 0 fully saturated rings. The highest BCUT2D eigenvalue weighted by atomic mass is 32.1. The molecule has 1 aromatic heterocycles. The van der Waals surface area contributed by atoms with Crippen LogP contribution < -0.4 is 19.1 Å². The molecular formula is C27H31NO3S. The van der Waals surface area contributed by atoms with Gasteiger partial charge in [-0.05, 0) is 42.7 Å². The SMILES string of the molecule is CCCN(CCC)c1ccc(/C=C/c2scc3c2OCCO3)c(OCc2ccccc2)c1. The maximum Gasteiger partial charge on any atom is 0.179 e. The molecule has 0 N–H and O–H groups in total. The second kappa shape index (κ2) is 11.1. The van der Waals surface area contributed by atoms with Crippen LogP contribution >= 0.6 is 11.3 Å². The molecule has 2 aromatic carbocycles. The first kappa shape index (κ1) is 22.3. The average Bonchev–Trinajstić information content (AvgIpc) is 3.25. The predicted molar refractivity (Wildman–Crippen MR) is 134 cm³/mol. The van der Waals surface area contributed by atoms with Gasteiger partial charge in [0.2, 0.25) is 0 Å². The summed E-state index contributed by atoms with van der Waals surface area (Å²) in [7, 11) is 0. The van der Waals surface area contributed by atoms with Crippen molar-refractivity contribution in [2.45, 2.75) is 33.3 Å². The summed E-state index contributed by atoms with van der Waals surface area (Å²) in [6.07, 6.45) is 6.44. The molecule has 0 atom stereocenters. The van der Waals surface area contributed by atoms with Crippen molar-refractivity contribution in [3.8, 4) is 17.2 Å². The number of benzene rings is 2. The second-order valence-electron chi connectivity index (χ2n) is 7.81. The van der Waals surface area contributed by atoms with Crippen LogP contribution in [-0.4, -0.2) is 26.3 Å². The molecule has 0 amide bonds. The minimum Gasteiger partial charge on any atom is -0.488 e.